The van der Waals surface area contributed by atoms with Crippen molar-refractivity contribution < 1.29 is 23.8 Å². The first-order valence-corrected chi connectivity index (χ1v) is 10.1. The maximum atomic E-state index is 13.1. The Morgan fingerprint density at radius 3 is 2.42 bits per heavy atom. The van der Waals surface area contributed by atoms with Crippen molar-refractivity contribution >= 4 is 23.1 Å². The van der Waals surface area contributed by atoms with Crippen LogP contribution in [0.4, 0.5) is 5.69 Å². The third kappa shape index (κ3) is 3.61. The van der Waals surface area contributed by atoms with Crippen LogP contribution in [0.1, 0.15) is 35.4 Å². The molecule has 6 heteroatoms. The van der Waals surface area contributed by atoms with Crippen molar-refractivity contribution in [2.75, 3.05) is 11.5 Å². The highest BCUT2D eigenvalue weighted by molar-refractivity contribution is 6.51. The molecule has 3 aromatic rings. The number of benzene rings is 2. The number of ether oxygens (including phenoxy) is 1. The lowest BCUT2D eigenvalue weighted by molar-refractivity contribution is -0.132. The van der Waals surface area contributed by atoms with Gasteiger partial charge < -0.3 is 14.3 Å². The van der Waals surface area contributed by atoms with Gasteiger partial charge in [-0.1, -0.05) is 6.07 Å². The van der Waals surface area contributed by atoms with Crippen LogP contribution in [-0.4, -0.2) is 23.4 Å². The molecule has 2 heterocycles. The number of nitrogens with zero attached hydrogens (tertiary/aromatic N) is 1. The van der Waals surface area contributed by atoms with Crippen molar-refractivity contribution in [1.29, 1.82) is 0 Å². The molecule has 1 aliphatic rings. The standard InChI is InChI=1S/C25H23NO5/c1-4-30-19-11-8-17(9-12-19)23(27)21-22(20-6-5-13-31-20)26(25(29)24(21)28)18-10-7-15(2)16(3)14-18/h5-14,22,27H,4H2,1-3H3/b23-21-. The number of carbonyl (C=O) groups excluding carboxylic acids is 2. The Bertz CT molecular complexity index is 1160. The summed E-state index contributed by atoms with van der Waals surface area (Å²) in [6.45, 7) is 6.32. The number of furan rings is 1. The SMILES string of the molecule is CCOc1ccc(/C(O)=C2/C(=O)C(=O)N(c3ccc(C)c(C)c3)C2c2ccco2)cc1. The average molecular weight is 417 g/mol. The number of aliphatic hydroxyl groups excluding tert-OH is 1. The van der Waals surface area contributed by atoms with E-state index in [1.54, 1.807) is 42.5 Å². The first-order valence-electron chi connectivity index (χ1n) is 10.1. The van der Waals surface area contributed by atoms with Gasteiger partial charge in [0.15, 0.2) is 0 Å². The molecule has 1 fully saturated rings. The van der Waals surface area contributed by atoms with Gasteiger partial charge in [0, 0.05) is 11.3 Å². The summed E-state index contributed by atoms with van der Waals surface area (Å²) in [5, 5.41) is 11.1. The second-order valence-electron chi connectivity index (χ2n) is 7.41. The van der Waals surface area contributed by atoms with Gasteiger partial charge in [-0.15, -0.1) is 0 Å². The molecular weight excluding hydrogens is 394 g/mol. The highest BCUT2D eigenvalue weighted by atomic mass is 16.5. The molecule has 1 atom stereocenters. The third-order valence-corrected chi connectivity index (χ3v) is 5.46. The quantitative estimate of drug-likeness (QED) is 0.362. The lowest BCUT2D eigenvalue weighted by Crippen LogP contribution is -2.29. The predicted molar refractivity (Wildman–Crippen MR) is 117 cm³/mol. The van der Waals surface area contributed by atoms with E-state index in [0.717, 1.165) is 11.1 Å². The molecule has 0 radical (unpaired) electrons. The van der Waals surface area contributed by atoms with E-state index >= 15 is 0 Å². The Hall–Kier alpha value is -3.80. The predicted octanol–water partition coefficient (Wildman–Crippen LogP) is 4.92. The fraction of sp³-hybridized carbons (Fsp3) is 0.200. The fourth-order valence-corrected chi connectivity index (χ4v) is 3.72. The molecule has 0 aliphatic carbocycles. The smallest absolute Gasteiger partial charge is 0.300 e. The van der Waals surface area contributed by atoms with Crippen molar-refractivity contribution in [3.05, 3.63) is 88.9 Å². The summed E-state index contributed by atoms with van der Waals surface area (Å²) in [5.74, 6) is -0.681. The van der Waals surface area contributed by atoms with Gasteiger partial charge in [-0.25, -0.2) is 0 Å². The van der Waals surface area contributed by atoms with Gasteiger partial charge >= 0.3 is 0 Å². The monoisotopic (exact) mass is 417 g/mol. The van der Waals surface area contributed by atoms with Crippen molar-refractivity contribution in [3.8, 4) is 5.75 Å². The Morgan fingerprint density at radius 2 is 1.81 bits per heavy atom. The summed E-state index contributed by atoms with van der Waals surface area (Å²) < 4.78 is 11.0. The molecule has 0 bridgehead atoms. The van der Waals surface area contributed by atoms with Crippen LogP contribution in [0.2, 0.25) is 0 Å². The van der Waals surface area contributed by atoms with Crippen LogP contribution >= 0.6 is 0 Å². The zero-order chi connectivity index (χ0) is 22.1. The van der Waals surface area contributed by atoms with Crippen molar-refractivity contribution in [3.63, 3.8) is 0 Å². The number of anilines is 1. The van der Waals surface area contributed by atoms with Crippen molar-refractivity contribution in [1.82, 2.24) is 0 Å². The van der Waals surface area contributed by atoms with Gasteiger partial charge in [0.25, 0.3) is 11.7 Å². The molecule has 1 saturated heterocycles. The maximum Gasteiger partial charge on any atom is 0.300 e. The minimum absolute atomic E-state index is 0.0117. The molecule has 1 aromatic heterocycles. The van der Waals surface area contributed by atoms with Gasteiger partial charge in [0.1, 0.15) is 23.3 Å². The zero-order valence-corrected chi connectivity index (χ0v) is 17.6. The molecule has 31 heavy (non-hydrogen) atoms. The van der Waals surface area contributed by atoms with Crippen LogP contribution in [0.3, 0.4) is 0 Å². The minimum Gasteiger partial charge on any atom is -0.507 e. The van der Waals surface area contributed by atoms with Gasteiger partial charge in [-0.3, -0.25) is 14.5 Å². The molecule has 0 spiro atoms. The van der Waals surface area contributed by atoms with Crippen LogP contribution in [0.25, 0.3) is 5.76 Å². The number of Topliss-reactive ketones (excluding diaryl/α,β-unsaturated/α-hetero) is 1. The number of aryl methyl sites for hydroxylation is 2. The molecular formula is C25H23NO5. The molecule has 1 amide bonds. The summed E-state index contributed by atoms with van der Waals surface area (Å²) >= 11 is 0. The minimum atomic E-state index is -0.872. The Morgan fingerprint density at radius 1 is 1.06 bits per heavy atom. The van der Waals surface area contributed by atoms with Gasteiger partial charge in [-0.2, -0.15) is 0 Å². The van der Waals surface area contributed by atoms with Crippen molar-refractivity contribution in [2.24, 2.45) is 0 Å². The summed E-state index contributed by atoms with van der Waals surface area (Å²) in [4.78, 5) is 27.5. The number of amides is 1. The Labute approximate surface area is 180 Å². The topological polar surface area (TPSA) is 80.0 Å². The molecule has 4 rings (SSSR count). The van der Waals surface area contributed by atoms with Crippen LogP contribution < -0.4 is 9.64 Å². The summed E-state index contributed by atoms with van der Waals surface area (Å²) in [7, 11) is 0. The van der Waals surface area contributed by atoms with E-state index < -0.39 is 17.7 Å². The van der Waals surface area contributed by atoms with E-state index in [1.807, 2.05) is 32.9 Å². The second kappa shape index (κ2) is 8.14. The molecule has 1 N–H and O–H groups in total. The Kier molecular flexibility index (Phi) is 5.38. The summed E-state index contributed by atoms with van der Waals surface area (Å²) in [6.07, 6.45) is 1.48. The highest BCUT2D eigenvalue weighted by Crippen LogP contribution is 2.42. The number of carbonyl (C=O) groups is 2. The van der Waals surface area contributed by atoms with Crippen LogP contribution in [-0.2, 0) is 9.59 Å². The molecule has 0 saturated carbocycles. The third-order valence-electron chi connectivity index (χ3n) is 5.46. The van der Waals surface area contributed by atoms with E-state index in [-0.39, 0.29) is 11.3 Å². The van der Waals surface area contributed by atoms with E-state index in [1.165, 1.54) is 11.2 Å². The molecule has 6 nitrogen and oxygen atoms in total. The number of hydrogen-bond donors (Lipinski definition) is 1. The van der Waals surface area contributed by atoms with Crippen LogP contribution in [0, 0.1) is 13.8 Å². The van der Waals surface area contributed by atoms with Gasteiger partial charge in [-0.05, 0) is 80.4 Å². The molecule has 2 aromatic carbocycles. The summed E-state index contributed by atoms with van der Waals surface area (Å²) in [6, 6.07) is 14.8. The number of hydrogen-bond acceptors (Lipinski definition) is 5. The van der Waals surface area contributed by atoms with E-state index in [9.17, 15) is 14.7 Å². The van der Waals surface area contributed by atoms with Crippen LogP contribution in [0.5, 0.6) is 5.75 Å². The largest absolute Gasteiger partial charge is 0.507 e. The molecule has 1 aliphatic heterocycles. The van der Waals surface area contributed by atoms with Crippen molar-refractivity contribution in [2.45, 2.75) is 26.8 Å². The second-order valence-corrected chi connectivity index (χ2v) is 7.41. The fourth-order valence-electron chi connectivity index (χ4n) is 3.72. The lowest BCUT2D eigenvalue weighted by Gasteiger charge is -2.24. The number of rotatable bonds is 5. The molecule has 158 valence electrons. The highest BCUT2D eigenvalue weighted by Gasteiger charge is 2.48. The summed E-state index contributed by atoms with van der Waals surface area (Å²) in [5.41, 5.74) is 3.03. The molecule has 1 unspecified atom stereocenters. The normalized spacial score (nSPS) is 17.9. The first-order chi connectivity index (χ1) is 14.9. The Balaban J connectivity index is 1.86. The maximum absolute atomic E-state index is 13.1. The average Bonchev–Trinajstić information content (AvgIpc) is 3.38. The van der Waals surface area contributed by atoms with E-state index in [4.69, 9.17) is 9.15 Å². The van der Waals surface area contributed by atoms with Gasteiger partial charge in [0.2, 0.25) is 0 Å². The zero-order valence-electron chi connectivity index (χ0n) is 17.6. The van der Waals surface area contributed by atoms with E-state index in [0.29, 0.717) is 29.4 Å². The van der Waals surface area contributed by atoms with Gasteiger partial charge in [0.05, 0.1) is 18.4 Å². The first kappa shape index (κ1) is 20.5. The van der Waals surface area contributed by atoms with E-state index in [2.05, 4.69) is 0 Å². The number of ketones is 1. The van der Waals surface area contributed by atoms with Crippen LogP contribution in [0.15, 0.2) is 70.9 Å². The number of aliphatic hydroxyl groups is 1. The lowest BCUT2D eigenvalue weighted by atomic mass is 9.99.